The minimum absolute atomic E-state index is 0.0486. The molecule has 0 radical (unpaired) electrons. The Morgan fingerprint density at radius 2 is 0.980 bits per heavy atom. The highest BCUT2D eigenvalue weighted by atomic mass is 16.6. The van der Waals surface area contributed by atoms with Gasteiger partial charge in [-0.1, -0.05) is 148 Å². The van der Waals surface area contributed by atoms with Crippen molar-refractivity contribution < 1.29 is 38.2 Å². The van der Waals surface area contributed by atoms with E-state index in [4.69, 9.17) is 14.2 Å². The summed E-state index contributed by atoms with van der Waals surface area (Å²) in [5, 5.41) is 9.60. The van der Waals surface area contributed by atoms with Crippen molar-refractivity contribution >= 4 is 17.9 Å². The van der Waals surface area contributed by atoms with Gasteiger partial charge >= 0.3 is 17.9 Å². The number of carboxylic acid groups (broad SMARTS) is 1. The molecule has 300 valence electrons. The molecule has 0 saturated heterocycles. The van der Waals surface area contributed by atoms with Gasteiger partial charge in [0.15, 0.2) is 12.1 Å². The Balaban J connectivity index is 4.34. The van der Waals surface area contributed by atoms with Crippen molar-refractivity contribution in [3.8, 4) is 0 Å². The first-order valence-corrected chi connectivity index (χ1v) is 21.2. The second-order valence-corrected chi connectivity index (χ2v) is 15.6. The minimum Gasteiger partial charge on any atom is -0.477 e. The van der Waals surface area contributed by atoms with Crippen LogP contribution in [0.25, 0.3) is 0 Å². The molecule has 51 heavy (non-hydrogen) atoms. The molecule has 0 aromatic carbocycles. The van der Waals surface area contributed by atoms with E-state index in [1.54, 1.807) is 0 Å². The number of allylic oxidation sites excluding steroid dienone is 2. The molecule has 2 unspecified atom stereocenters. The summed E-state index contributed by atoms with van der Waals surface area (Å²) in [5.74, 6) is -1.47. The van der Waals surface area contributed by atoms with Crippen molar-refractivity contribution in [3.63, 3.8) is 0 Å². The van der Waals surface area contributed by atoms with Crippen LogP contribution in [0.15, 0.2) is 12.2 Å². The number of quaternary nitrogens is 1. The SMILES string of the molecule is CCCCC/C=C/CCCCCCCC(=O)OC(COCCC(C(=O)O)[N+](C)(C)C)COC(=O)CCCCCCCCCCCCCCCCC. The highest BCUT2D eigenvalue weighted by Crippen LogP contribution is 2.15. The van der Waals surface area contributed by atoms with Crippen molar-refractivity contribution in [2.75, 3.05) is 41.0 Å². The Labute approximate surface area is 314 Å². The predicted molar refractivity (Wildman–Crippen MR) is 211 cm³/mol. The van der Waals surface area contributed by atoms with E-state index in [1.807, 2.05) is 21.1 Å². The lowest BCUT2D eigenvalue weighted by molar-refractivity contribution is -0.887. The number of aliphatic carboxylic acids is 1. The normalized spacial score (nSPS) is 13.0. The van der Waals surface area contributed by atoms with Gasteiger partial charge in [0.2, 0.25) is 0 Å². The number of rotatable bonds is 38. The maximum atomic E-state index is 12.7. The lowest BCUT2D eigenvalue weighted by Crippen LogP contribution is -2.50. The van der Waals surface area contributed by atoms with E-state index >= 15 is 0 Å². The van der Waals surface area contributed by atoms with Gasteiger partial charge in [0.25, 0.3) is 0 Å². The Kier molecular flexibility index (Phi) is 33.8. The first-order valence-electron chi connectivity index (χ1n) is 21.2. The van der Waals surface area contributed by atoms with E-state index in [1.165, 1.54) is 109 Å². The number of carbonyl (C=O) groups excluding carboxylic acids is 2. The van der Waals surface area contributed by atoms with Crippen LogP contribution in [0.3, 0.4) is 0 Å². The number of hydrogen-bond acceptors (Lipinski definition) is 6. The first kappa shape index (κ1) is 49.1. The average molecular weight is 725 g/mol. The molecule has 0 rings (SSSR count). The number of carbonyl (C=O) groups is 3. The molecule has 0 amide bonds. The highest BCUT2D eigenvalue weighted by Gasteiger charge is 2.31. The zero-order valence-corrected chi connectivity index (χ0v) is 34.1. The molecular formula is C43H82NO7+. The average Bonchev–Trinajstić information content (AvgIpc) is 3.08. The zero-order valence-electron chi connectivity index (χ0n) is 34.1. The van der Waals surface area contributed by atoms with Crippen LogP contribution < -0.4 is 0 Å². The molecule has 0 fully saturated rings. The third-order valence-corrected chi connectivity index (χ3v) is 9.66. The van der Waals surface area contributed by atoms with Gasteiger partial charge in [0.1, 0.15) is 6.61 Å². The summed E-state index contributed by atoms with van der Waals surface area (Å²) >= 11 is 0. The van der Waals surface area contributed by atoms with Gasteiger partial charge in [0.05, 0.1) is 34.4 Å². The van der Waals surface area contributed by atoms with Gasteiger partial charge in [-0.25, -0.2) is 4.79 Å². The number of hydrogen-bond donors (Lipinski definition) is 1. The fraction of sp³-hybridized carbons (Fsp3) is 0.884. The third-order valence-electron chi connectivity index (χ3n) is 9.66. The van der Waals surface area contributed by atoms with Crippen LogP contribution in [-0.4, -0.2) is 80.6 Å². The summed E-state index contributed by atoms with van der Waals surface area (Å²) in [6, 6.07) is -0.611. The predicted octanol–water partition coefficient (Wildman–Crippen LogP) is 11.1. The summed E-state index contributed by atoms with van der Waals surface area (Å²) in [4.78, 5) is 36.9. The monoisotopic (exact) mass is 725 g/mol. The second-order valence-electron chi connectivity index (χ2n) is 15.6. The first-order chi connectivity index (χ1) is 24.6. The summed E-state index contributed by atoms with van der Waals surface area (Å²) < 4.78 is 17.2. The van der Waals surface area contributed by atoms with Crippen LogP contribution in [0, 0.1) is 0 Å². The second kappa shape index (κ2) is 35.1. The molecule has 2 atom stereocenters. The van der Waals surface area contributed by atoms with Crippen LogP contribution in [0.1, 0.15) is 194 Å². The van der Waals surface area contributed by atoms with Crippen LogP contribution in [-0.2, 0) is 28.6 Å². The maximum Gasteiger partial charge on any atom is 0.362 e. The number of nitrogens with zero attached hydrogens (tertiary/aromatic N) is 1. The highest BCUT2D eigenvalue weighted by molar-refractivity contribution is 5.72. The van der Waals surface area contributed by atoms with E-state index in [0.29, 0.717) is 19.3 Å². The quantitative estimate of drug-likeness (QED) is 0.0293. The molecule has 0 bridgehead atoms. The number of esters is 2. The molecule has 0 aromatic rings. The largest absolute Gasteiger partial charge is 0.477 e. The summed E-state index contributed by atoms with van der Waals surface area (Å²) in [6.07, 6.45) is 35.3. The van der Waals surface area contributed by atoms with Crippen LogP contribution in [0.5, 0.6) is 0 Å². The Hall–Kier alpha value is -1.93. The molecule has 0 spiro atoms. The lowest BCUT2D eigenvalue weighted by atomic mass is 10.0. The van der Waals surface area contributed by atoms with E-state index in [2.05, 4.69) is 26.0 Å². The van der Waals surface area contributed by atoms with Gasteiger partial charge < -0.3 is 23.8 Å². The molecule has 8 nitrogen and oxygen atoms in total. The van der Waals surface area contributed by atoms with Gasteiger partial charge in [-0.3, -0.25) is 9.59 Å². The number of ether oxygens (including phenoxy) is 3. The number of unbranched alkanes of at least 4 members (excludes halogenated alkanes) is 22. The van der Waals surface area contributed by atoms with Gasteiger partial charge in [0, 0.05) is 19.3 Å². The van der Waals surface area contributed by atoms with Crippen LogP contribution in [0.2, 0.25) is 0 Å². The van der Waals surface area contributed by atoms with Crippen molar-refractivity contribution in [1.29, 1.82) is 0 Å². The van der Waals surface area contributed by atoms with E-state index in [-0.39, 0.29) is 36.2 Å². The van der Waals surface area contributed by atoms with Crippen LogP contribution in [0.4, 0.5) is 0 Å². The molecule has 0 saturated carbocycles. The smallest absolute Gasteiger partial charge is 0.362 e. The van der Waals surface area contributed by atoms with E-state index < -0.39 is 18.1 Å². The minimum atomic E-state index is -0.874. The lowest BCUT2D eigenvalue weighted by Gasteiger charge is -2.31. The van der Waals surface area contributed by atoms with Crippen molar-refractivity contribution in [2.45, 2.75) is 206 Å². The van der Waals surface area contributed by atoms with E-state index in [0.717, 1.165) is 51.4 Å². The molecule has 0 heterocycles. The topological polar surface area (TPSA) is 99.1 Å². The summed E-state index contributed by atoms with van der Waals surface area (Å²) in [7, 11) is 5.52. The Morgan fingerprint density at radius 3 is 1.45 bits per heavy atom. The zero-order chi connectivity index (χ0) is 37.8. The fourth-order valence-electron chi connectivity index (χ4n) is 6.32. The summed E-state index contributed by atoms with van der Waals surface area (Å²) in [5.41, 5.74) is 0. The Bertz CT molecular complexity index is 854. The molecule has 0 aliphatic carbocycles. The van der Waals surface area contributed by atoms with Crippen molar-refractivity contribution in [2.24, 2.45) is 0 Å². The molecule has 1 N–H and O–H groups in total. The van der Waals surface area contributed by atoms with Gasteiger partial charge in [-0.2, -0.15) is 0 Å². The standard InChI is InChI=1S/C43H81NO7/c1-6-8-10-12-14-16-18-20-21-22-24-25-27-29-31-33-41(45)50-38-39(37-49-36-35-40(43(47)48)44(3,4)5)51-42(46)34-32-30-28-26-23-19-17-15-13-11-9-7-2/h15,17,39-40H,6-14,16,18-38H2,1-5H3/p+1/b17-15+. The molecular weight excluding hydrogens is 642 g/mol. The van der Waals surface area contributed by atoms with Gasteiger partial charge in [-0.05, 0) is 38.5 Å². The summed E-state index contributed by atoms with van der Waals surface area (Å²) in [6.45, 7) is 4.72. The Morgan fingerprint density at radius 1 is 0.569 bits per heavy atom. The molecule has 8 heteroatoms. The molecule has 0 aromatic heterocycles. The third kappa shape index (κ3) is 33.6. The fourth-order valence-corrected chi connectivity index (χ4v) is 6.32. The maximum absolute atomic E-state index is 12.7. The van der Waals surface area contributed by atoms with Gasteiger partial charge in [-0.15, -0.1) is 0 Å². The molecule has 0 aliphatic heterocycles. The number of carboxylic acids is 1. The van der Waals surface area contributed by atoms with E-state index in [9.17, 15) is 19.5 Å². The molecule has 0 aliphatic rings. The number of likely N-dealkylation sites (N-methyl/N-ethyl adjacent to an activating group) is 1. The van der Waals surface area contributed by atoms with Crippen molar-refractivity contribution in [3.05, 3.63) is 12.2 Å². The van der Waals surface area contributed by atoms with Crippen molar-refractivity contribution in [1.82, 2.24) is 0 Å². The van der Waals surface area contributed by atoms with Crippen LogP contribution >= 0.6 is 0 Å².